The molecule has 0 aromatic carbocycles. The molecule has 0 aliphatic rings. The van der Waals surface area contributed by atoms with Gasteiger partial charge in [0, 0.05) is 0 Å². The maximum atomic E-state index is 10.9. The molecule has 0 atom stereocenters. The average Bonchev–Trinajstić information content (AvgIpc) is 2.13. The number of rotatable bonds is 6. The Morgan fingerprint density at radius 3 is 1.79 bits per heavy atom. The van der Waals surface area contributed by atoms with Crippen LogP contribution in [0.1, 0.15) is 47.5 Å². The Hall–Kier alpha value is -1.13. The van der Waals surface area contributed by atoms with Crippen LogP contribution in [-0.4, -0.2) is 16.7 Å². The van der Waals surface area contributed by atoms with Gasteiger partial charge >= 0.3 is 5.97 Å². The van der Waals surface area contributed by atoms with Crippen LogP contribution >= 0.6 is 0 Å². The first-order valence-electron chi connectivity index (χ1n) is 6.52. The Kier molecular flexibility index (Phi) is 5.97. The van der Waals surface area contributed by atoms with Gasteiger partial charge in [0.1, 0.15) is 5.66 Å². The smallest absolute Gasteiger partial charge is 0.309 e. The van der Waals surface area contributed by atoms with Gasteiger partial charge in [-0.15, -0.1) is 0 Å². The third-order valence-electron chi connectivity index (χ3n) is 2.75. The van der Waals surface area contributed by atoms with Gasteiger partial charge in [-0.3, -0.25) is 4.79 Å². The summed E-state index contributed by atoms with van der Waals surface area (Å²) in [4.78, 5) is 10.9. The van der Waals surface area contributed by atoms with Crippen LogP contribution in [0.3, 0.4) is 0 Å². The van der Waals surface area contributed by atoms with E-state index in [2.05, 4.69) is 20.8 Å². The van der Waals surface area contributed by atoms with Gasteiger partial charge < -0.3 is 16.6 Å². The highest BCUT2D eigenvalue weighted by Gasteiger charge is 2.25. The van der Waals surface area contributed by atoms with Crippen molar-refractivity contribution in [2.24, 2.45) is 22.3 Å². The number of hydrogen-bond donors (Lipinski definition) is 3. The van der Waals surface area contributed by atoms with Gasteiger partial charge in [-0.25, -0.2) is 0 Å². The number of nitrogens with two attached hydrogens (primary N) is 2. The number of carbonyl (C=O) groups is 1. The normalized spacial score (nSPS) is 14.5. The highest BCUT2D eigenvalue weighted by atomic mass is 16.4. The van der Waals surface area contributed by atoms with E-state index in [1.807, 2.05) is 6.08 Å². The Balaban J connectivity index is 4.49. The lowest BCUT2D eigenvalue weighted by atomic mass is 9.89. The Labute approximate surface area is 116 Å². The summed E-state index contributed by atoms with van der Waals surface area (Å²) in [5, 5.41) is 8.99. The summed E-state index contributed by atoms with van der Waals surface area (Å²) in [6.07, 6.45) is 8.38. The molecule has 0 aliphatic carbocycles. The van der Waals surface area contributed by atoms with Crippen molar-refractivity contribution in [1.82, 2.24) is 0 Å². The fourth-order valence-corrected chi connectivity index (χ4v) is 1.32. The summed E-state index contributed by atoms with van der Waals surface area (Å²) in [6.45, 7) is 9.75. The van der Waals surface area contributed by atoms with Gasteiger partial charge in [-0.2, -0.15) is 0 Å². The van der Waals surface area contributed by atoms with Crippen LogP contribution in [0.4, 0.5) is 0 Å². The van der Waals surface area contributed by atoms with Crippen molar-refractivity contribution in [1.29, 1.82) is 0 Å². The van der Waals surface area contributed by atoms with Crippen molar-refractivity contribution < 1.29 is 9.90 Å². The molecule has 0 aromatic heterocycles. The fraction of sp³-hybridized carbons (Fsp3) is 0.667. The molecule has 0 aliphatic heterocycles. The average molecular weight is 268 g/mol. The van der Waals surface area contributed by atoms with Gasteiger partial charge in [0.15, 0.2) is 0 Å². The Morgan fingerprint density at radius 1 is 1.00 bits per heavy atom. The summed E-state index contributed by atoms with van der Waals surface area (Å²) < 4.78 is 0. The molecular weight excluding hydrogens is 240 g/mol. The van der Waals surface area contributed by atoms with E-state index in [0.717, 1.165) is 6.42 Å². The summed E-state index contributed by atoms with van der Waals surface area (Å²) in [6, 6.07) is 0. The van der Waals surface area contributed by atoms with E-state index in [4.69, 9.17) is 16.6 Å². The van der Waals surface area contributed by atoms with Gasteiger partial charge in [-0.1, -0.05) is 45.1 Å². The summed E-state index contributed by atoms with van der Waals surface area (Å²) in [5.74, 6) is -0.833. The van der Waals surface area contributed by atoms with Crippen LogP contribution in [0, 0.1) is 10.8 Å². The van der Waals surface area contributed by atoms with Gasteiger partial charge in [0.2, 0.25) is 0 Å². The topological polar surface area (TPSA) is 89.3 Å². The second kappa shape index (κ2) is 6.35. The quantitative estimate of drug-likeness (QED) is 0.510. The minimum Gasteiger partial charge on any atom is -0.481 e. The maximum absolute atomic E-state index is 10.9. The largest absolute Gasteiger partial charge is 0.481 e. The third-order valence-corrected chi connectivity index (χ3v) is 2.75. The van der Waals surface area contributed by atoms with Crippen molar-refractivity contribution in [2.45, 2.75) is 53.1 Å². The van der Waals surface area contributed by atoms with E-state index in [-0.39, 0.29) is 5.41 Å². The zero-order valence-electron chi connectivity index (χ0n) is 12.7. The van der Waals surface area contributed by atoms with Crippen LogP contribution in [0.5, 0.6) is 0 Å². The molecule has 0 bridgehead atoms. The van der Waals surface area contributed by atoms with Crippen molar-refractivity contribution in [2.75, 3.05) is 0 Å². The van der Waals surface area contributed by atoms with Crippen LogP contribution in [0.25, 0.3) is 0 Å². The Bertz CT molecular complexity index is 361. The Morgan fingerprint density at radius 2 is 1.42 bits per heavy atom. The van der Waals surface area contributed by atoms with Crippen LogP contribution in [-0.2, 0) is 4.79 Å². The molecule has 0 amide bonds. The SMILES string of the molecule is CC(C)(C)CC=CC(N)(N)C=CCC(C)(C)C(=O)O. The lowest BCUT2D eigenvalue weighted by molar-refractivity contribution is -0.146. The monoisotopic (exact) mass is 268 g/mol. The molecule has 0 rings (SSSR count). The van der Waals surface area contributed by atoms with Crippen LogP contribution in [0.2, 0.25) is 0 Å². The first kappa shape index (κ1) is 17.9. The minimum absolute atomic E-state index is 0.196. The fourth-order valence-electron chi connectivity index (χ4n) is 1.32. The first-order valence-corrected chi connectivity index (χ1v) is 6.52. The van der Waals surface area contributed by atoms with Crippen molar-refractivity contribution in [3.05, 3.63) is 24.3 Å². The number of carboxylic acids is 1. The summed E-state index contributed by atoms with van der Waals surface area (Å²) >= 11 is 0. The molecule has 5 N–H and O–H groups in total. The maximum Gasteiger partial charge on any atom is 0.309 e. The molecule has 0 unspecified atom stereocenters. The van der Waals surface area contributed by atoms with E-state index in [1.54, 1.807) is 32.1 Å². The molecule has 110 valence electrons. The molecule has 0 radical (unpaired) electrons. The number of carboxylic acid groups (broad SMARTS) is 1. The number of aliphatic carboxylic acids is 1. The molecule has 19 heavy (non-hydrogen) atoms. The molecule has 0 spiro atoms. The molecule has 4 nitrogen and oxygen atoms in total. The van der Waals surface area contributed by atoms with Crippen molar-refractivity contribution in [3.8, 4) is 0 Å². The lowest BCUT2D eigenvalue weighted by Gasteiger charge is -2.20. The van der Waals surface area contributed by atoms with Crippen LogP contribution < -0.4 is 11.5 Å². The molecule has 0 aromatic rings. The zero-order valence-corrected chi connectivity index (χ0v) is 12.7. The van der Waals surface area contributed by atoms with E-state index in [0.29, 0.717) is 6.42 Å². The second-order valence-corrected chi connectivity index (χ2v) is 6.96. The van der Waals surface area contributed by atoms with Crippen molar-refractivity contribution >= 4 is 5.97 Å². The molecule has 0 saturated heterocycles. The summed E-state index contributed by atoms with van der Waals surface area (Å²) in [7, 11) is 0. The van der Waals surface area contributed by atoms with E-state index >= 15 is 0 Å². The predicted molar refractivity (Wildman–Crippen MR) is 79.5 cm³/mol. The standard InChI is InChI=1S/C15H28N2O2/c1-13(2,3)8-6-10-15(16,17)11-7-9-14(4,5)12(18)19/h6-7,10-11H,8-9,16-17H2,1-5H3,(H,18,19). The van der Waals surface area contributed by atoms with Gasteiger partial charge in [0.25, 0.3) is 0 Å². The molecule has 0 heterocycles. The lowest BCUT2D eigenvalue weighted by Crippen LogP contribution is -2.45. The van der Waals surface area contributed by atoms with E-state index in [1.165, 1.54) is 0 Å². The first-order chi connectivity index (χ1) is 8.36. The highest BCUT2D eigenvalue weighted by Crippen LogP contribution is 2.22. The molecule has 0 saturated carbocycles. The minimum atomic E-state index is -1.03. The highest BCUT2D eigenvalue weighted by molar-refractivity contribution is 5.73. The number of allylic oxidation sites excluding steroid dienone is 2. The second-order valence-electron chi connectivity index (χ2n) is 6.96. The molecular formula is C15H28N2O2. The van der Waals surface area contributed by atoms with E-state index in [9.17, 15) is 4.79 Å². The van der Waals surface area contributed by atoms with E-state index < -0.39 is 17.0 Å². The summed E-state index contributed by atoms with van der Waals surface area (Å²) in [5.41, 5.74) is 10.2. The van der Waals surface area contributed by atoms with Crippen LogP contribution in [0.15, 0.2) is 24.3 Å². The van der Waals surface area contributed by atoms with Crippen molar-refractivity contribution in [3.63, 3.8) is 0 Å². The zero-order chi connectivity index (χ0) is 15.3. The van der Waals surface area contributed by atoms with Gasteiger partial charge in [0.05, 0.1) is 5.41 Å². The van der Waals surface area contributed by atoms with Gasteiger partial charge in [-0.05, 0) is 32.1 Å². The third kappa shape index (κ3) is 8.56. The predicted octanol–water partition coefficient (Wildman–Crippen LogP) is 2.65. The molecule has 4 heteroatoms. The number of hydrogen-bond acceptors (Lipinski definition) is 3. The molecule has 0 fully saturated rings.